The monoisotopic (exact) mass is 494 g/mol. The van der Waals surface area contributed by atoms with Gasteiger partial charge in [-0.3, -0.25) is 14.5 Å². The number of ether oxygens (including phenoxy) is 1. The van der Waals surface area contributed by atoms with Gasteiger partial charge >= 0.3 is 5.97 Å². The van der Waals surface area contributed by atoms with E-state index in [1.807, 2.05) is 19.1 Å². The molecule has 0 spiro atoms. The largest absolute Gasteiger partial charge is 0.465 e. The Balaban J connectivity index is 1.74. The Hall–Kier alpha value is -3.07. The first-order chi connectivity index (χ1) is 17.4. The molecule has 1 atom stereocenters. The lowest BCUT2D eigenvalue weighted by molar-refractivity contribution is -0.144. The number of tetrazole rings is 1. The molecule has 9 heteroatoms. The summed E-state index contributed by atoms with van der Waals surface area (Å²) in [4.78, 5) is 31.0. The van der Waals surface area contributed by atoms with Crippen molar-refractivity contribution in [2.45, 2.75) is 97.8 Å². The predicted molar refractivity (Wildman–Crippen MR) is 139 cm³/mol. The zero-order valence-electron chi connectivity index (χ0n) is 21.9. The highest BCUT2D eigenvalue weighted by Crippen LogP contribution is 2.34. The van der Waals surface area contributed by atoms with Crippen LogP contribution in [0.3, 0.4) is 0 Å². The fraction of sp³-hybridized carbons (Fsp3) is 0.593. The van der Waals surface area contributed by atoms with E-state index in [1.165, 1.54) is 19.3 Å². The van der Waals surface area contributed by atoms with Crippen molar-refractivity contribution in [3.8, 4) is 0 Å². The SMILES string of the molecule is CCC[C@H](c1nnnn1CC(=O)OCC)N(Cc1cc2c(C)cc(C)cc2[nH]c1=O)C1CCCCC1. The first-order valence-electron chi connectivity index (χ1n) is 13.2. The summed E-state index contributed by atoms with van der Waals surface area (Å²) in [6.45, 7) is 8.84. The van der Waals surface area contributed by atoms with Crippen LogP contribution in [0, 0.1) is 13.8 Å². The van der Waals surface area contributed by atoms with Crippen LogP contribution in [-0.4, -0.2) is 48.7 Å². The van der Waals surface area contributed by atoms with E-state index in [-0.39, 0.29) is 24.1 Å². The second kappa shape index (κ2) is 11.8. The van der Waals surface area contributed by atoms with Gasteiger partial charge in [0.1, 0.15) is 6.54 Å². The second-order valence-corrected chi connectivity index (χ2v) is 9.94. The van der Waals surface area contributed by atoms with Gasteiger partial charge < -0.3 is 9.72 Å². The fourth-order valence-corrected chi connectivity index (χ4v) is 5.55. The normalized spacial score (nSPS) is 15.5. The van der Waals surface area contributed by atoms with Crippen molar-refractivity contribution < 1.29 is 9.53 Å². The van der Waals surface area contributed by atoms with E-state index in [1.54, 1.807) is 11.6 Å². The highest BCUT2D eigenvalue weighted by Gasteiger charge is 2.33. The summed E-state index contributed by atoms with van der Waals surface area (Å²) in [5.41, 5.74) is 3.83. The average molecular weight is 495 g/mol. The molecule has 2 heterocycles. The van der Waals surface area contributed by atoms with Gasteiger partial charge in [0.15, 0.2) is 5.82 Å². The van der Waals surface area contributed by atoms with Crippen molar-refractivity contribution in [1.82, 2.24) is 30.1 Å². The van der Waals surface area contributed by atoms with Gasteiger partial charge in [-0.05, 0) is 73.7 Å². The number of hydrogen-bond acceptors (Lipinski definition) is 7. The van der Waals surface area contributed by atoms with Crippen molar-refractivity contribution >= 4 is 16.9 Å². The van der Waals surface area contributed by atoms with Gasteiger partial charge in [0.05, 0.1) is 12.6 Å². The third-order valence-corrected chi connectivity index (χ3v) is 7.19. The lowest BCUT2D eigenvalue weighted by Crippen LogP contribution is -2.41. The lowest BCUT2D eigenvalue weighted by atomic mass is 9.91. The van der Waals surface area contributed by atoms with Crippen molar-refractivity contribution in [3.05, 3.63) is 51.1 Å². The first kappa shape index (κ1) is 26.0. The molecule has 9 nitrogen and oxygen atoms in total. The number of rotatable bonds is 10. The molecule has 0 bridgehead atoms. The van der Waals surface area contributed by atoms with Gasteiger partial charge in [0.2, 0.25) is 0 Å². The van der Waals surface area contributed by atoms with E-state index in [0.29, 0.717) is 25.0 Å². The Labute approximate surface area is 212 Å². The third-order valence-electron chi connectivity index (χ3n) is 7.19. The number of benzene rings is 1. The summed E-state index contributed by atoms with van der Waals surface area (Å²) in [7, 11) is 0. The lowest BCUT2D eigenvalue weighted by Gasteiger charge is -2.39. The van der Waals surface area contributed by atoms with Crippen molar-refractivity contribution in [3.63, 3.8) is 0 Å². The molecule has 36 heavy (non-hydrogen) atoms. The van der Waals surface area contributed by atoms with Crippen molar-refractivity contribution in [1.29, 1.82) is 0 Å². The van der Waals surface area contributed by atoms with Gasteiger partial charge in [-0.25, -0.2) is 4.68 Å². The number of aromatic amines is 1. The van der Waals surface area contributed by atoms with Crippen LogP contribution in [0.15, 0.2) is 23.0 Å². The molecule has 4 rings (SSSR count). The second-order valence-electron chi connectivity index (χ2n) is 9.94. The van der Waals surface area contributed by atoms with E-state index in [4.69, 9.17) is 4.74 Å². The summed E-state index contributed by atoms with van der Waals surface area (Å²) in [5.74, 6) is 0.293. The number of aryl methyl sites for hydroxylation is 2. The van der Waals surface area contributed by atoms with Crippen LogP contribution in [0.5, 0.6) is 0 Å². The molecule has 0 saturated heterocycles. The Morgan fingerprint density at radius 2 is 1.97 bits per heavy atom. The number of esters is 1. The van der Waals surface area contributed by atoms with E-state index < -0.39 is 0 Å². The number of pyridine rings is 1. The van der Waals surface area contributed by atoms with Crippen LogP contribution in [0.2, 0.25) is 0 Å². The molecule has 1 fully saturated rings. The molecular formula is C27H38N6O3. The Morgan fingerprint density at radius 3 is 2.69 bits per heavy atom. The number of nitrogens with one attached hydrogen (secondary N) is 1. The first-order valence-corrected chi connectivity index (χ1v) is 13.2. The minimum Gasteiger partial charge on any atom is -0.465 e. The predicted octanol–water partition coefficient (Wildman–Crippen LogP) is 4.37. The molecule has 3 aromatic rings. The third kappa shape index (κ3) is 5.83. The number of H-pyrrole nitrogens is 1. The quantitative estimate of drug-likeness (QED) is 0.417. The van der Waals surface area contributed by atoms with Crippen LogP contribution < -0.4 is 5.56 Å². The van der Waals surface area contributed by atoms with Crippen LogP contribution >= 0.6 is 0 Å². The molecule has 1 aromatic carbocycles. The Bertz CT molecular complexity index is 1240. The molecule has 194 valence electrons. The Kier molecular flexibility index (Phi) is 8.51. The minimum atomic E-state index is -0.359. The van der Waals surface area contributed by atoms with Gasteiger partial charge in [0.25, 0.3) is 5.56 Å². The molecular weight excluding hydrogens is 456 g/mol. The summed E-state index contributed by atoms with van der Waals surface area (Å²) in [6.07, 6.45) is 7.46. The standard InChI is InChI=1S/C27H38N6O3/c1-5-10-24(26-29-30-31-33(26)17-25(34)36-6-2)32(21-11-8-7-9-12-21)16-20-15-22-19(4)13-18(3)14-23(22)28-27(20)35/h13-15,21,24H,5-12,16-17H2,1-4H3,(H,28,35)/t24-/m1/s1. The number of carbonyl (C=O) groups excluding carboxylic acids is 1. The maximum Gasteiger partial charge on any atom is 0.327 e. The van der Waals surface area contributed by atoms with E-state index in [9.17, 15) is 9.59 Å². The van der Waals surface area contributed by atoms with Gasteiger partial charge in [-0.1, -0.05) is 38.7 Å². The highest BCUT2D eigenvalue weighted by atomic mass is 16.5. The number of nitrogens with zero attached hydrogens (tertiary/aromatic N) is 5. The molecule has 0 radical (unpaired) electrons. The smallest absolute Gasteiger partial charge is 0.327 e. The topological polar surface area (TPSA) is 106 Å². The van der Waals surface area contributed by atoms with Gasteiger partial charge in [-0.15, -0.1) is 5.10 Å². The molecule has 0 unspecified atom stereocenters. The Morgan fingerprint density at radius 1 is 1.19 bits per heavy atom. The van der Waals surface area contributed by atoms with E-state index >= 15 is 0 Å². The van der Waals surface area contributed by atoms with Gasteiger partial charge in [0, 0.05) is 29.1 Å². The van der Waals surface area contributed by atoms with Crippen LogP contribution in [0.4, 0.5) is 0 Å². The minimum absolute atomic E-state index is 0.0238. The zero-order valence-corrected chi connectivity index (χ0v) is 21.9. The molecule has 1 aliphatic rings. The summed E-state index contributed by atoms with van der Waals surface area (Å²) in [5, 5.41) is 13.5. The van der Waals surface area contributed by atoms with Crippen LogP contribution in [-0.2, 0) is 22.6 Å². The molecule has 1 aliphatic carbocycles. The average Bonchev–Trinajstić information content (AvgIpc) is 3.30. The molecule has 1 saturated carbocycles. The molecule has 2 aromatic heterocycles. The molecule has 0 aliphatic heterocycles. The van der Waals surface area contributed by atoms with Crippen LogP contribution in [0.1, 0.15) is 87.3 Å². The van der Waals surface area contributed by atoms with Gasteiger partial charge in [-0.2, -0.15) is 0 Å². The van der Waals surface area contributed by atoms with E-state index in [0.717, 1.165) is 53.3 Å². The number of fused-ring (bicyclic) bond motifs is 1. The fourth-order valence-electron chi connectivity index (χ4n) is 5.55. The number of hydrogen-bond donors (Lipinski definition) is 1. The van der Waals surface area contributed by atoms with Crippen molar-refractivity contribution in [2.75, 3.05) is 6.61 Å². The number of carbonyl (C=O) groups is 1. The molecule has 1 N–H and O–H groups in total. The zero-order chi connectivity index (χ0) is 25.7. The highest BCUT2D eigenvalue weighted by molar-refractivity contribution is 5.83. The number of aromatic nitrogens is 5. The van der Waals surface area contributed by atoms with Crippen LogP contribution in [0.25, 0.3) is 10.9 Å². The summed E-state index contributed by atoms with van der Waals surface area (Å²) < 4.78 is 6.71. The van der Waals surface area contributed by atoms with Crippen molar-refractivity contribution in [2.24, 2.45) is 0 Å². The molecule has 0 amide bonds. The summed E-state index contributed by atoms with van der Waals surface area (Å²) >= 11 is 0. The summed E-state index contributed by atoms with van der Waals surface area (Å²) in [6, 6.07) is 6.42. The maximum absolute atomic E-state index is 13.2. The van der Waals surface area contributed by atoms with E-state index in [2.05, 4.69) is 45.3 Å². The maximum atomic E-state index is 13.2.